The summed E-state index contributed by atoms with van der Waals surface area (Å²) in [4.78, 5) is 11.4. The van der Waals surface area contributed by atoms with Crippen LogP contribution in [0.5, 0.6) is 5.88 Å². The van der Waals surface area contributed by atoms with Gasteiger partial charge in [-0.25, -0.2) is 0 Å². The van der Waals surface area contributed by atoms with E-state index in [1.807, 2.05) is 29.9 Å². The summed E-state index contributed by atoms with van der Waals surface area (Å²) in [6.07, 6.45) is 2.64. The minimum atomic E-state index is 0.573. The first-order chi connectivity index (χ1) is 12.7. The zero-order valence-corrected chi connectivity index (χ0v) is 15.7. The summed E-state index contributed by atoms with van der Waals surface area (Å²) in [5.74, 6) is 1.37. The summed E-state index contributed by atoms with van der Waals surface area (Å²) >= 11 is 0. The predicted octanol–water partition coefficient (Wildman–Crippen LogP) is 1.98. The molecule has 1 saturated heterocycles. The average molecular weight is 358 g/mol. The van der Waals surface area contributed by atoms with Crippen molar-refractivity contribution in [1.82, 2.24) is 19.4 Å². The first-order valence-corrected chi connectivity index (χ1v) is 8.72. The number of hydrogen-bond acceptors (Lipinski definition) is 6. The van der Waals surface area contributed by atoms with Crippen LogP contribution in [0.15, 0.2) is 24.9 Å². The summed E-state index contributed by atoms with van der Waals surface area (Å²) < 4.78 is 18.1. The van der Waals surface area contributed by atoms with Crippen LogP contribution in [-0.4, -0.2) is 66.6 Å². The van der Waals surface area contributed by atoms with Gasteiger partial charge in [-0.05, 0) is 12.1 Å². The second-order valence-electron chi connectivity index (χ2n) is 6.18. The molecular formula is C19H26N4O3. The fourth-order valence-corrected chi connectivity index (χ4v) is 3.08. The lowest BCUT2D eigenvalue weighted by molar-refractivity contribution is 0.0637. The van der Waals surface area contributed by atoms with Crippen molar-refractivity contribution in [2.75, 3.05) is 47.1 Å². The monoisotopic (exact) mass is 358 g/mol. The van der Waals surface area contributed by atoms with Crippen LogP contribution in [0.25, 0.3) is 17.0 Å². The van der Waals surface area contributed by atoms with Gasteiger partial charge in [0.2, 0.25) is 5.88 Å². The molecule has 2 aromatic heterocycles. The fraction of sp³-hybridized carbons (Fsp3) is 0.474. The van der Waals surface area contributed by atoms with Gasteiger partial charge >= 0.3 is 0 Å². The van der Waals surface area contributed by atoms with Gasteiger partial charge in [0.1, 0.15) is 5.69 Å². The maximum atomic E-state index is 5.53. The molecule has 1 aliphatic heterocycles. The van der Waals surface area contributed by atoms with Gasteiger partial charge in [0.25, 0.3) is 0 Å². The highest BCUT2D eigenvalue weighted by Crippen LogP contribution is 2.32. The summed E-state index contributed by atoms with van der Waals surface area (Å²) in [6.45, 7) is 7.95. The number of ether oxygens (including phenoxy) is 3. The minimum absolute atomic E-state index is 0.573. The van der Waals surface area contributed by atoms with E-state index >= 15 is 0 Å². The lowest BCUT2D eigenvalue weighted by Crippen LogP contribution is -2.35. The van der Waals surface area contributed by atoms with Gasteiger partial charge in [0, 0.05) is 51.1 Å². The zero-order valence-electron chi connectivity index (χ0n) is 15.7. The third kappa shape index (κ3) is 3.73. The molecule has 0 bridgehead atoms. The molecule has 0 amide bonds. The normalized spacial score (nSPS) is 14.5. The summed E-state index contributed by atoms with van der Waals surface area (Å²) in [5, 5.41) is 0. The summed E-state index contributed by atoms with van der Waals surface area (Å²) in [7, 11) is 5.30. The molecule has 0 spiro atoms. The molecule has 1 fully saturated rings. The SMILES string of the molecule is C=C(c1nc(OC)c(-c2ccc(CCOC)nc2)n1C)N1CCOCC1. The van der Waals surface area contributed by atoms with E-state index in [2.05, 4.69) is 21.4 Å². The molecule has 7 heteroatoms. The number of morpholine rings is 1. The number of imidazole rings is 1. The Morgan fingerprint density at radius 3 is 2.65 bits per heavy atom. The topological polar surface area (TPSA) is 61.6 Å². The number of nitrogens with zero attached hydrogens (tertiary/aromatic N) is 4. The van der Waals surface area contributed by atoms with Crippen LogP contribution >= 0.6 is 0 Å². The largest absolute Gasteiger partial charge is 0.479 e. The highest BCUT2D eigenvalue weighted by molar-refractivity contribution is 5.69. The summed E-state index contributed by atoms with van der Waals surface area (Å²) in [5.41, 5.74) is 3.72. The lowest BCUT2D eigenvalue weighted by atomic mass is 10.2. The third-order valence-electron chi connectivity index (χ3n) is 4.57. The third-order valence-corrected chi connectivity index (χ3v) is 4.57. The molecule has 26 heavy (non-hydrogen) atoms. The van der Waals surface area contributed by atoms with Crippen LogP contribution in [0.2, 0.25) is 0 Å². The molecular weight excluding hydrogens is 332 g/mol. The van der Waals surface area contributed by atoms with Crippen LogP contribution in [-0.2, 0) is 22.9 Å². The van der Waals surface area contributed by atoms with Crippen LogP contribution in [0.1, 0.15) is 11.5 Å². The Labute approximate surface area is 154 Å². The number of pyridine rings is 1. The molecule has 0 radical (unpaired) electrons. The molecule has 0 unspecified atom stereocenters. The van der Waals surface area contributed by atoms with Crippen LogP contribution in [0, 0.1) is 0 Å². The van der Waals surface area contributed by atoms with Gasteiger partial charge in [0.15, 0.2) is 5.82 Å². The van der Waals surface area contributed by atoms with Crippen LogP contribution in [0.3, 0.4) is 0 Å². The molecule has 2 aromatic rings. The Morgan fingerprint density at radius 2 is 2.04 bits per heavy atom. The minimum Gasteiger partial charge on any atom is -0.479 e. The van der Waals surface area contributed by atoms with Gasteiger partial charge in [0.05, 0.1) is 32.6 Å². The second-order valence-corrected chi connectivity index (χ2v) is 6.18. The number of aromatic nitrogens is 3. The molecule has 140 valence electrons. The van der Waals surface area contributed by atoms with Gasteiger partial charge in [-0.15, -0.1) is 0 Å². The van der Waals surface area contributed by atoms with E-state index in [0.29, 0.717) is 25.7 Å². The first kappa shape index (κ1) is 18.4. The molecule has 1 aliphatic rings. The van der Waals surface area contributed by atoms with Gasteiger partial charge < -0.3 is 23.7 Å². The van der Waals surface area contributed by atoms with Crippen molar-refractivity contribution in [2.24, 2.45) is 7.05 Å². The highest BCUT2D eigenvalue weighted by atomic mass is 16.5. The van der Waals surface area contributed by atoms with E-state index in [1.165, 1.54) is 0 Å². The standard InChI is InChI=1S/C19H26N4O3/c1-14(23-8-11-26-12-9-23)18-21-19(25-4)17(22(18)2)15-5-6-16(20-13-15)7-10-24-3/h5-6,13H,1,7-12H2,2-4H3. The maximum Gasteiger partial charge on any atom is 0.240 e. The van der Waals surface area contributed by atoms with E-state index in [1.54, 1.807) is 14.2 Å². The zero-order chi connectivity index (χ0) is 18.5. The Balaban J connectivity index is 1.89. The van der Waals surface area contributed by atoms with E-state index in [4.69, 9.17) is 14.2 Å². The van der Waals surface area contributed by atoms with Crippen molar-refractivity contribution < 1.29 is 14.2 Å². The van der Waals surface area contributed by atoms with Crippen molar-refractivity contribution in [2.45, 2.75) is 6.42 Å². The quantitative estimate of drug-likeness (QED) is 0.754. The number of hydrogen-bond donors (Lipinski definition) is 0. The molecule has 0 aliphatic carbocycles. The predicted molar refractivity (Wildman–Crippen MR) is 100.0 cm³/mol. The van der Waals surface area contributed by atoms with E-state index < -0.39 is 0 Å². The molecule has 0 aromatic carbocycles. The molecule has 0 atom stereocenters. The van der Waals surface area contributed by atoms with E-state index in [-0.39, 0.29) is 0 Å². The van der Waals surface area contributed by atoms with Crippen molar-refractivity contribution in [3.05, 3.63) is 36.4 Å². The van der Waals surface area contributed by atoms with Gasteiger partial charge in [-0.2, -0.15) is 4.98 Å². The molecule has 7 nitrogen and oxygen atoms in total. The summed E-state index contributed by atoms with van der Waals surface area (Å²) in [6, 6.07) is 4.05. The second kappa shape index (κ2) is 8.33. The Bertz CT molecular complexity index is 749. The van der Waals surface area contributed by atoms with Gasteiger partial charge in [-0.1, -0.05) is 6.58 Å². The van der Waals surface area contributed by atoms with Crippen LogP contribution in [0.4, 0.5) is 0 Å². The molecule has 3 rings (SSSR count). The first-order valence-electron chi connectivity index (χ1n) is 8.72. The van der Waals surface area contributed by atoms with Crippen molar-refractivity contribution >= 4 is 5.70 Å². The lowest BCUT2D eigenvalue weighted by Gasteiger charge is -2.29. The van der Waals surface area contributed by atoms with Gasteiger partial charge in [-0.3, -0.25) is 4.98 Å². The highest BCUT2D eigenvalue weighted by Gasteiger charge is 2.23. The molecule has 0 N–H and O–H groups in total. The molecule has 0 saturated carbocycles. The molecule has 3 heterocycles. The van der Waals surface area contributed by atoms with Crippen molar-refractivity contribution in [3.8, 4) is 17.1 Å². The maximum absolute atomic E-state index is 5.53. The average Bonchev–Trinajstić information content (AvgIpc) is 3.03. The Morgan fingerprint density at radius 1 is 1.27 bits per heavy atom. The number of methoxy groups -OCH3 is 2. The number of rotatable bonds is 7. The Kier molecular flexibility index (Phi) is 5.90. The van der Waals surface area contributed by atoms with Crippen molar-refractivity contribution in [3.63, 3.8) is 0 Å². The fourth-order valence-electron chi connectivity index (χ4n) is 3.08. The van der Waals surface area contributed by atoms with Crippen molar-refractivity contribution in [1.29, 1.82) is 0 Å². The van der Waals surface area contributed by atoms with E-state index in [9.17, 15) is 0 Å². The van der Waals surface area contributed by atoms with Crippen LogP contribution < -0.4 is 4.74 Å². The smallest absolute Gasteiger partial charge is 0.240 e. The van der Waals surface area contributed by atoms with E-state index in [0.717, 1.165) is 48.0 Å². The Hall–Kier alpha value is -2.38.